The van der Waals surface area contributed by atoms with E-state index in [1.165, 1.54) is 5.56 Å². The molecule has 4 rings (SSSR count). The Morgan fingerprint density at radius 1 is 1.09 bits per heavy atom. The minimum absolute atomic E-state index is 0.0238. The van der Waals surface area contributed by atoms with E-state index in [0.717, 1.165) is 47.4 Å². The van der Waals surface area contributed by atoms with Crippen LogP contribution in [0.3, 0.4) is 0 Å². The fourth-order valence-electron chi connectivity index (χ4n) is 4.19. The number of H-pyrrole nitrogens is 1. The van der Waals surface area contributed by atoms with E-state index in [0.29, 0.717) is 25.5 Å². The monoisotopic (exact) mass is 433 g/mol. The number of methoxy groups -OCH3 is 1. The van der Waals surface area contributed by atoms with Gasteiger partial charge in [0.1, 0.15) is 11.4 Å². The lowest BCUT2D eigenvalue weighted by atomic mass is 9.95. The Hall–Kier alpha value is -3.12. The summed E-state index contributed by atoms with van der Waals surface area (Å²) in [7, 11) is 1.68. The number of fused-ring (bicyclic) bond motifs is 1. The highest BCUT2D eigenvalue weighted by Gasteiger charge is 2.41. The number of aromatic nitrogens is 2. The first-order valence-electron chi connectivity index (χ1n) is 11.3. The number of nitrogens with zero attached hydrogens (tertiary/aromatic N) is 2. The van der Waals surface area contributed by atoms with Gasteiger partial charge in [-0.15, -0.1) is 0 Å². The molecule has 6 nitrogen and oxygen atoms in total. The number of ether oxygens (including phenoxy) is 2. The van der Waals surface area contributed by atoms with Crippen molar-refractivity contribution in [3.8, 4) is 17.0 Å². The van der Waals surface area contributed by atoms with Gasteiger partial charge >= 0.3 is 0 Å². The zero-order valence-corrected chi connectivity index (χ0v) is 19.1. The van der Waals surface area contributed by atoms with Crippen LogP contribution < -0.4 is 4.74 Å². The van der Waals surface area contributed by atoms with E-state index < -0.39 is 0 Å². The fraction of sp³-hybridized carbons (Fsp3) is 0.385. The normalized spacial score (nSPS) is 15.3. The van der Waals surface area contributed by atoms with E-state index in [1.54, 1.807) is 7.11 Å². The Balaban J connectivity index is 1.74. The zero-order valence-electron chi connectivity index (χ0n) is 19.1. The third-order valence-corrected chi connectivity index (χ3v) is 5.88. The van der Waals surface area contributed by atoms with Gasteiger partial charge in [0.05, 0.1) is 18.3 Å². The van der Waals surface area contributed by atoms with Gasteiger partial charge in [0, 0.05) is 31.4 Å². The lowest BCUT2D eigenvalue weighted by Crippen LogP contribution is -2.31. The molecule has 0 radical (unpaired) electrons. The Morgan fingerprint density at radius 2 is 1.91 bits per heavy atom. The van der Waals surface area contributed by atoms with Crippen LogP contribution >= 0.6 is 0 Å². The second-order valence-corrected chi connectivity index (χ2v) is 8.25. The van der Waals surface area contributed by atoms with Crippen LogP contribution in [0.25, 0.3) is 11.3 Å². The molecule has 1 atom stereocenters. The highest BCUT2D eigenvalue weighted by atomic mass is 16.5. The van der Waals surface area contributed by atoms with Gasteiger partial charge in [-0.25, -0.2) is 0 Å². The number of carbonyl (C=O) groups is 1. The van der Waals surface area contributed by atoms with E-state index in [2.05, 4.69) is 60.4 Å². The van der Waals surface area contributed by atoms with Crippen molar-refractivity contribution in [3.05, 3.63) is 70.9 Å². The first-order valence-corrected chi connectivity index (χ1v) is 11.3. The van der Waals surface area contributed by atoms with E-state index in [9.17, 15) is 4.79 Å². The number of hydrogen-bond acceptors (Lipinski definition) is 4. The summed E-state index contributed by atoms with van der Waals surface area (Å²) in [5, 5.41) is 7.57. The van der Waals surface area contributed by atoms with Crippen molar-refractivity contribution in [1.82, 2.24) is 15.1 Å². The molecule has 2 aromatic carbocycles. The maximum Gasteiger partial charge on any atom is 0.273 e. The minimum Gasteiger partial charge on any atom is -0.494 e. The molecule has 1 unspecified atom stereocenters. The number of carbonyl (C=O) groups excluding carboxylic acids is 1. The van der Waals surface area contributed by atoms with Crippen LogP contribution in [0.2, 0.25) is 0 Å². The van der Waals surface area contributed by atoms with Gasteiger partial charge in [-0.3, -0.25) is 9.89 Å². The first kappa shape index (κ1) is 22.1. The van der Waals surface area contributed by atoms with Gasteiger partial charge in [-0.05, 0) is 37.5 Å². The van der Waals surface area contributed by atoms with Gasteiger partial charge in [-0.1, -0.05) is 55.3 Å². The summed E-state index contributed by atoms with van der Waals surface area (Å²) in [6.45, 7) is 6.11. The molecule has 0 saturated carbocycles. The molecular weight excluding hydrogens is 402 g/mol. The highest BCUT2D eigenvalue weighted by molar-refractivity contribution is 6.00. The predicted molar refractivity (Wildman–Crippen MR) is 125 cm³/mol. The van der Waals surface area contributed by atoms with E-state index >= 15 is 0 Å². The Labute approximate surface area is 189 Å². The van der Waals surface area contributed by atoms with Crippen LogP contribution in [-0.4, -0.2) is 47.9 Å². The zero-order chi connectivity index (χ0) is 22.5. The van der Waals surface area contributed by atoms with Crippen molar-refractivity contribution in [2.75, 3.05) is 26.9 Å². The van der Waals surface area contributed by atoms with Crippen molar-refractivity contribution in [3.63, 3.8) is 0 Å². The number of aryl methyl sites for hydroxylation is 1. The number of aromatic amines is 1. The lowest BCUT2D eigenvalue weighted by Gasteiger charge is -2.26. The number of hydrogen-bond donors (Lipinski definition) is 1. The Kier molecular flexibility index (Phi) is 6.90. The minimum atomic E-state index is -0.223. The number of nitrogens with one attached hydrogen (secondary N) is 1. The molecule has 0 bridgehead atoms. The standard InChI is InChI=1S/C26H31N3O3/c1-4-5-16-32-21-9-6-8-20(17-21)25-22-23(19-12-10-18(2)11-13-19)27-28-24(22)26(30)29(25)14-7-15-31-3/h6,8-13,17,25H,4-5,7,14-16H2,1-3H3,(H,27,28). The molecule has 1 amide bonds. The third-order valence-electron chi connectivity index (χ3n) is 5.88. The highest BCUT2D eigenvalue weighted by Crippen LogP contribution is 2.43. The van der Waals surface area contributed by atoms with Crippen LogP contribution in [0.5, 0.6) is 5.75 Å². The van der Waals surface area contributed by atoms with Gasteiger partial charge in [-0.2, -0.15) is 5.10 Å². The lowest BCUT2D eigenvalue weighted by molar-refractivity contribution is 0.0723. The number of amides is 1. The number of unbranched alkanes of at least 4 members (excludes halogenated alkanes) is 1. The quantitative estimate of drug-likeness (QED) is 0.449. The molecule has 168 valence electrons. The summed E-state index contributed by atoms with van der Waals surface area (Å²) >= 11 is 0. The van der Waals surface area contributed by atoms with Crippen LogP contribution in [0, 0.1) is 6.92 Å². The molecular formula is C26H31N3O3. The van der Waals surface area contributed by atoms with Crippen LogP contribution in [0.1, 0.15) is 59.4 Å². The largest absolute Gasteiger partial charge is 0.494 e. The average molecular weight is 434 g/mol. The summed E-state index contributed by atoms with van der Waals surface area (Å²) in [5.41, 5.74) is 5.54. The van der Waals surface area contributed by atoms with Crippen molar-refractivity contribution in [2.45, 2.75) is 39.2 Å². The molecule has 2 heterocycles. The van der Waals surface area contributed by atoms with Crippen molar-refractivity contribution in [2.24, 2.45) is 0 Å². The smallest absolute Gasteiger partial charge is 0.273 e. The summed E-state index contributed by atoms with van der Waals surface area (Å²) in [6, 6.07) is 16.1. The maximum absolute atomic E-state index is 13.4. The predicted octanol–water partition coefficient (Wildman–Crippen LogP) is 5.15. The fourth-order valence-corrected chi connectivity index (χ4v) is 4.19. The van der Waals surface area contributed by atoms with E-state index in [1.807, 2.05) is 17.0 Å². The number of benzene rings is 2. The van der Waals surface area contributed by atoms with Crippen LogP contribution in [0.4, 0.5) is 0 Å². The molecule has 32 heavy (non-hydrogen) atoms. The van der Waals surface area contributed by atoms with Gasteiger partial charge in [0.2, 0.25) is 0 Å². The van der Waals surface area contributed by atoms with Crippen molar-refractivity contribution < 1.29 is 14.3 Å². The molecule has 3 aromatic rings. The summed E-state index contributed by atoms with van der Waals surface area (Å²) in [5.74, 6) is 0.804. The average Bonchev–Trinajstić information content (AvgIpc) is 3.34. The summed E-state index contributed by atoms with van der Waals surface area (Å²) in [6.07, 6.45) is 2.87. The van der Waals surface area contributed by atoms with Gasteiger partial charge < -0.3 is 14.4 Å². The number of rotatable bonds is 10. The molecule has 0 spiro atoms. The molecule has 0 saturated heterocycles. The summed E-state index contributed by atoms with van der Waals surface area (Å²) in [4.78, 5) is 15.3. The molecule has 1 aliphatic rings. The van der Waals surface area contributed by atoms with Crippen LogP contribution in [-0.2, 0) is 4.74 Å². The maximum atomic E-state index is 13.4. The molecule has 1 aliphatic heterocycles. The van der Waals surface area contributed by atoms with Gasteiger partial charge in [0.15, 0.2) is 0 Å². The topological polar surface area (TPSA) is 67.5 Å². The third kappa shape index (κ3) is 4.41. The van der Waals surface area contributed by atoms with Crippen LogP contribution in [0.15, 0.2) is 48.5 Å². The molecule has 6 heteroatoms. The molecule has 1 aromatic heterocycles. The second kappa shape index (κ2) is 10.0. The van der Waals surface area contributed by atoms with E-state index in [4.69, 9.17) is 9.47 Å². The Morgan fingerprint density at radius 3 is 2.66 bits per heavy atom. The van der Waals surface area contributed by atoms with Crippen molar-refractivity contribution >= 4 is 5.91 Å². The first-order chi connectivity index (χ1) is 15.6. The summed E-state index contributed by atoms with van der Waals surface area (Å²) < 4.78 is 11.2. The SMILES string of the molecule is CCCCOc1cccc(C2c3c(-c4ccc(C)cc4)n[nH]c3C(=O)N2CCCOC)c1. The van der Waals surface area contributed by atoms with Crippen molar-refractivity contribution in [1.29, 1.82) is 0 Å². The van der Waals surface area contributed by atoms with Gasteiger partial charge in [0.25, 0.3) is 5.91 Å². The molecule has 0 fully saturated rings. The molecule has 1 N–H and O–H groups in total. The Bertz CT molecular complexity index is 1060. The molecule has 0 aliphatic carbocycles. The second-order valence-electron chi connectivity index (χ2n) is 8.25. The van der Waals surface area contributed by atoms with E-state index in [-0.39, 0.29) is 11.9 Å².